The average molecular weight is 157 g/mol. The van der Waals surface area contributed by atoms with Crippen LogP contribution in [-0.2, 0) is 4.79 Å². The van der Waals surface area contributed by atoms with Crippen LogP contribution in [0.25, 0.3) is 0 Å². The van der Waals surface area contributed by atoms with E-state index < -0.39 is 0 Å². The molecule has 1 rings (SSSR count). The summed E-state index contributed by atoms with van der Waals surface area (Å²) in [4.78, 5) is 12.7. The molecule has 11 heavy (non-hydrogen) atoms. The van der Waals surface area contributed by atoms with Gasteiger partial charge in [-0.1, -0.05) is 20.8 Å². The monoisotopic (exact) mass is 157 g/mol. The summed E-state index contributed by atoms with van der Waals surface area (Å²) in [5.41, 5.74) is 0. The van der Waals surface area contributed by atoms with Crippen molar-refractivity contribution in [3.8, 4) is 0 Å². The van der Waals surface area contributed by atoms with Gasteiger partial charge in [-0.15, -0.1) is 0 Å². The summed E-state index contributed by atoms with van der Waals surface area (Å²) < 4.78 is 0. The van der Waals surface area contributed by atoms with Gasteiger partial charge in [-0.3, -0.25) is 4.79 Å². The Labute approximate surface area is 69.6 Å². The lowest BCUT2D eigenvalue weighted by molar-refractivity contribution is -0.132. The number of nitrogens with zero attached hydrogens (tertiary/aromatic N) is 1. The van der Waals surface area contributed by atoms with Gasteiger partial charge in [0.05, 0.1) is 0 Å². The van der Waals surface area contributed by atoms with E-state index >= 15 is 0 Å². The molecule has 0 aromatic carbocycles. The fourth-order valence-corrected chi connectivity index (χ4v) is 1.22. The summed E-state index contributed by atoms with van der Waals surface area (Å²) in [7, 11) is 1.87. The number of rotatable bonds is 0. The van der Waals surface area contributed by atoms with Crippen molar-refractivity contribution in [1.82, 2.24) is 4.90 Å². The van der Waals surface area contributed by atoms with Crippen LogP contribution in [0.2, 0.25) is 0 Å². The Morgan fingerprint density at radius 3 is 2.36 bits per heavy atom. The van der Waals surface area contributed by atoms with Crippen molar-refractivity contribution in [2.45, 2.75) is 33.6 Å². The minimum absolute atomic E-state index is 0.299. The minimum Gasteiger partial charge on any atom is -0.345 e. The molecule has 0 spiro atoms. The molecular weight excluding hydrogens is 138 g/mol. The molecule has 1 atom stereocenters. The topological polar surface area (TPSA) is 20.3 Å². The highest BCUT2D eigenvalue weighted by atomic mass is 16.2. The van der Waals surface area contributed by atoms with Crippen molar-refractivity contribution >= 4 is 5.91 Å². The van der Waals surface area contributed by atoms with Crippen LogP contribution >= 0.6 is 0 Å². The standard InChI is InChI=1S/C7H13NO.C2H6/c1-6-3-4-7(9)8(2)5-6;1-2/h6H,3-5H2,1-2H3;1-2H3. The first-order chi connectivity index (χ1) is 5.20. The van der Waals surface area contributed by atoms with E-state index in [9.17, 15) is 4.79 Å². The van der Waals surface area contributed by atoms with Crippen molar-refractivity contribution in [2.75, 3.05) is 13.6 Å². The molecule has 0 bridgehead atoms. The second kappa shape index (κ2) is 5.16. The van der Waals surface area contributed by atoms with E-state index in [4.69, 9.17) is 0 Å². The third-order valence-corrected chi connectivity index (χ3v) is 1.86. The molecule has 0 aromatic heterocycles. The second-order valence-electron chi connectivity index (χ2n) is 2.92. The maximum Gasteiger partial charge on any atom is 0.222 e. The maximum atomic E-state index is 10.9. The van der Waals surface area contributed by atoms with Gasteiger partial charge in [0.1, 0.15) is 0 Å². The van der Waals surface area contributed by atoms with Crippen molar-refractivity contribution in [1.29, 1.82) is 0 Å². The molecule has 1 amide bonds. The molecule has 1 unspecified atom stereocenters. The van der Waals surface area contributed by atoms with Crippen molar-refractivity contribution in [3.05, 3.63) is 0 Å². The Kier molecular flexibility index (Phi) is 4.92. The van der Waals surface area contributed by atoms with Crippen molar-refractivity contribution in [3.63, 3.8) is 0 Å². The highest BCUT2D eigenvalue weighted by Gasteiger charge is 2.18. The van der Waals surface area contributed by atoms with Crippen molar-refractivity contribution < 1.29 is 4.79 Å². The van der Waals surface area contributed by atoms with E-state index in [1.807, 2.05) is 25.8 Å². The zero-order valence-electron chi connectivity index (χ0n) is 8.05. The largest absolute Gasteiger partial charge is 0.345 e. The Morgan fingerprint density at radius 1 is 1.45 bits per heavy atom. The Morgan fingerprint density at radius 2 is 2.00 bits per heavy atom. The molecule has 2 heteroatoms. The molecule has 1 heterocycles. The van der Waals surface area contributed by atoms with Gasteiger partial charge in [-0.2, -0.15) is 0 Å². The second-order valence-corrected chi connectivity index (χ2v) is 2.92. The molecule has 0 N–H and O–H groups in total. The Hall–Kier alpha value is -0.530. The van der Waals surface area contributed by atoms with Gasteiger partial charge < -0.3 is 4.90 Å². The zero-order valence-corrected chi connectivity index (χ0v) is 8.05. The zero-order chi connectivity index (χ0) is 8.85. The number of likely N-dealkylation sites (tertiary alicyclic amines) is 1. The predicted molar refractivity (Wildman–Crippen MR) is 47.4 cm³/mol. The van der Waals surface area contributed by atoms with Gasteiger partial charge in [-0.25, -0.2) is 0 Å². The van der Waals surface area contributed by atoms with E-state index in [2.05, 4.69) is 6.92 Å². The van der Waals surface area contributed by atoms with E-state index in [1.165, 1.54) is 0 Å². The number of amides is 1. The van der Waals surface area contributed by atoms with E-state index in [0.717, 1.165) is 19.4 Å². The molecule has 1 saturated heterocycles. The summed E-state index contributed by atoms with van der Waals surface area (Å²) in [6.07, 6.45) is 1.82. The Balaban J connectivity index is 0.000000461. The first-order valence-corrected chi connectivity index (χ1v) is 4.44. The Bertz CT molecular complexity index is 123. The van der Waals surface area contributed by atoms with Crippen LogP contribution in [0.5, 0.6) is 0 Å². The molecule has 0 aromatic rings. The number of hydrogen-bond donors (Lipinski definition) is 0. The molecular formula is C9H19NO. The van der Waals surface area contributed by atoms with Crippen LogP contribution in [-0.4, -0.2) is 24.4 Å². The summed E-state index contributed by atoms with van der Waals surface area (Å²) in [6, 6.07) is 0. The first-order valence-electron chi connectivity index (χ1n) is 4.44. The number of hydrogen-bond acceptors (Lipinski definition) is 1. The van der Waals surface area contributed by atoms with Crippen LogP contribution in [0.3, 0.4) is 0 Å². The number of carbonyl (C=O) groups excluding carboxylic acids is 1. The normalized spacial score (nSPS) is 24.2. The van der Waals surface area contributed by atoms with Crippen LogP contribution in [0.15, 0.2) is 0 Å². The minimum atomic E-state index is 0.299. The highest BCUT2D eigenvalue weighted by molar-refractivity contribution is 5.76. The molecule has 0 radical (unpaired) electrons. The fraction of sp³-hybridized carbons (Fsp3) is 0.889. The first kappa shape index (κ1) is 10.5. The third kappa shape index (κ3) is 3.40. The predicted octanol–water partition coefficient (Wildman–Crippen LogP) is 1.90. The van der Waals surface area contributed by atoms with E-state index in [0.29, 0.717) is 11.8 Å². The SMILES string of the molecule is CC.CC1CCC(=O)N(C)C1. The quantitative estimate of drug-likeness (QED) is 0.526. The van der Waals surface area contributed by atoms with Gasteiger partial charge in [0.2, 0.25) is 5.91 Å². The summed E-state index contributed by atoms with van der Waals surface area (Å²) in [5, 5.41) is 0. The van der Waals surface area contributed by atoms with Gasteiger partial charge in [0.15, 0.2) is 0 Å². The van der Waals surface area contributed by atoms with Crippen LogP contribution in [0.1, 0.15) is 33.6 Å². The lowest BCUT2D eigenvalue weighted by atomic mass is 10.0. The highest BCUT2D eigenvalue weighted by Crippen LogP contribution is 2.14. The van der Waals surface area contributed by atoms with Gasteiger partial charge >= 0.3 is 0 Å². The van der Waals surface area contributed by atoms with E-state index in [1.54, 1.807) is 0 Å². The van der Waals surface area contributed by atoms with Crippen LogP contribution < -0.4 is 0 Å². The van der Waals surface area contributed by atoms with Gasteiger partial charge in [-0.05, 0) is 12.3 Å². The molecule has 2 nitrogen and oxygen atoms in total. The molecule has 0 saturated carbocycles. The van der Waals surface area contributed by atoms with Crippen LogP contribution in [0, 0.1) is 5.92 Å². The summed E-state index contributed by atoms with van der Waals surface area (Å²) in [5.74, 6) is 1.00. The third-order valence-electron chi connectivity index (χ3n) is 1.86. The lowest BCUT2D eigenvalue weighted by Crippen LogP contribution is -2.35. The average Bonchev–Trinajstić information content (AvgIpc) is 2.02. The molecule has 0 aliphatic carbocycles. The fourth-order valence-electron chi connectivity index (χ4n) is 1.22. The summed E-state index contributed by atoms with van der Waals surface area (Å²) in [6.45, 7) is 7.13. The van der Waals surface area contributed by atoms with Crippen LogP contribution in [0.4, 0.5) is 0 Å². The number of piperidine rings is 1. The summed E-state index contributed by atoms with van der Waals surface area (Å²) >= 11 is 0. The molecule has 66 valence electrons. The van der Waals surface area contributed by atoms with Gasteiger partial charge in [0.25, 0.3) is 0 Å². The van der Waals surface area contributed by atoms with Crippen molar-refractivity contribution in [2.24, 2.45) is 5.92 Å². The number of carbonyl (C=O) groups is 1. The smallest absolute Gasteiger partial charge is 0.222 e. The lowest BCUT2D eigenvalue weighted by Gasteiger charge is -2.26. The maximum absolute atomic E-state index is 10.9. The van der Waals surface area contributed by atoms with Gasteiger partial charge in [0, 0.05) is 20.0 Å². The van der Waals surface area contributed by atoms with E-state index in [-0.39, 0.29) is 0 Å². The molecule has 1 fully saturated rings. The molecule has 1 aliphatic heterocycles. The molecule has 1 aliphatic rings.